The maximum absolute atomic E-state index is 11.0. The van der Waals surface area contributed by atoms with Crippen LogP contribution in [0.15, 0.2) is 22.3 Å². The van der Waals surface area contributed by atoms with Crippen molar-refractivity contribution in [1.82, 2.24) is 10.9 Å². The van der Waals surface area contributed by atoms with Gasteiger partial charge in [0.25, 0.3) is 0 Å². The van der Waals surface area contributed by atoms with Crippen LogP contribution in [-0.4, -0.2) is 48.3 Å². The molecule has 0 bridgehead atoms. The molecular formula is C13H14N6O6. The first kappa shape index (κ1) is 19.1. The summed E-state index contributed by atoms with van der Waals surface area (Å²) in [5, 5.41) is 16.9. The average Bonchev–Trinajstić information content (AvgIpc) is 2.56. The highest BCUT2D eigenvalue weighted by atomic mass is 16.5. The molecule has 4 amide bonds. The second-order valence-electron chi connectivity index (χ2n) is 4.29. The number of primary amides is 2. The van der Waals surface area contributed by atoms with Crippen LogP contribution in [0.1, 0.15) is 11.1 Å². The molecule has 1 aromatic carbocycles. The normalized spacial score (nSPS) is 10.6. The van der Waals surface area contributed by atoms with E-state index < -0.39 is 23.6 Å². The van der Waals surface area contributed by atoms with Crippen molar-refractivity contribution in [2.45, 2.75) is 0 Å². The number of carbonyl (C=O) groups is 4. The van der Waals surface area contributed by atoms with Gasteiger partial charge < -0.3 is 21.3 Å². The van der Waals surface area contributed by atoms with Crippen LogP contribution in [0.25, 0.3) is 0 Å². The van der Waals surface area contributed by atoms with E-state index in [9.17, 15) is 24.3 Å². The van der Waals surface area contributed by atoms with Crippen LogP contribution >= 0.6 is 0 Å². The molecule has 0 saturated carbocycles. The molecule has 25 heavy (non-hydrogen) atoms. The van der Waals surface area contributed by atoms with E-state index in [4.69, 9.17) is 16.2 Å². The largest absolute Gasteiger partial charge is 0.504 e. The summed E-state index contributed by atoms with van der Waals surface area (Å²) in [7, 11) is 1.29. The van der Waals surface area contributed by atoms with Crippen molar-refractivity contribution in [1.29, 1.82) is 0 Å². The summed E-state index contributed by atoms with van der Waals surface area (Å²) >= 11 is 0. The van der Waals surface area contributed by atoms with Gasteiger partial charge in [0, 0.05) is 5.56 Å². The van der Waals surface area contributed by atoms with Crippen LogP contribution in [0.2, 0.25) is 0 Å². The molecule has 0 radical (unpaired) electrons. The number of methoxy groups -OCH3 is 1. The maximum atomic E-state index is 11.0. The lowest BCUT2D eigenvalue weighted by Gasteiger charge is -2.07. The third kappa shape index (κ3) is 5.63. The Morgan fingerprint density at radius 1 is 1.04 bits per heavy atom. The van der Waals surface area contributed by atoms with E-state index >= 15 is 0 Å². The average molecular weight is 350 g/mol. The number of aromatic hydroxyl groups is 1. The predicted molar refractivity (Wildman–Crippen MR) is 84.5 cm³/mol. The number of phenols is 1. The van der Waals surface area contributed by atoms with Gasteiger partial charge in [-0.2, -0.15) is 10.2 Å². The molecule has 0 saturated heterocycles. The topological polar surface area (TPSA) is 199 Å². The van der Waals surface area contributed by atoms with Crippen LogP contribution in [0, 0.1) is 0 Å². The first-order valence-electron chi connectivity index (χ1n) is 6.43. The van der Waals surface area contributed by atoms with E-state index in [1.54, 1.807) is 0 Å². The number of ether oxygens (including phenoxy) is 1. The number of nitrogens with one attached hydrogen (secondary N) is 2. The Balaban J connectivity index is 3.01. The number of rotatable bonds is 5. The number of hydrogen-bond donors (Lipinski definition) is 5. The minimum absolute atomic E-state index is 0.0351. The highest BCUT2D eigenvalue weighted by Gasteiger charge is 2.10. The number of carbonyl (C=O) groups excluding carboxylic acids is 4. The van der Waals surface area contributed by atoms with E-state index in [1.807, 2.05) is 10.9 Å². The fraction of sp³-hybridized carbons (Fsp3) is 0.0769. The Kier molecular flexibility index (Phi) is 6.58. The van der Waals surface area contributed by atoms with Gasteiger partial charge in [-0.3, -0.25) is 19.2 Å². The molecule has 0 unspecified atom stereocenters. The van der Waals surface area contributed by atoms with Crippen LogP contribution in [0.3, 0.4) is 0 Å². The minimum atomic E-state index is -1.23. The van der Waals surface area contributed by atoms with Gasteiger partial charge in [-0.05, 0) is 17.7 Å². The molecule has 132 valence electrons. The van der Waals surface area contributed by atoms with Gasteiger partial charge in [0.2, 0.25) is 0 Å². The Hall–Kier alpha value is -3.96. The highest BCUT2D eigenvalue weighted by Crippen LogP contribution is 2.29. The van der Waals surface area contributed by atoms with Crippen molar-refractivity contribution in [3.05, 3.63) is 23.3 Å². The van der Waals surface area contributed by atoms with Gasteiger partial charge in [-0.25, -0.2) is 10.9 Å². The van der Waals surface area contributed by atoms with Gasteiger partial charge in [0.05, 0.1) is 19.5 Å². The Morgan fingerprint density at radius 3 is 2.04 bits per heavy atom. The van der Waals surface area contributed by atoms with Gasteiger partial charge in [-0.15, -0.1) is 0 Å². The zero-order valence-electron chi connectivity index (χ0n) is 12.8. The summed E-state index contributed by atoms with van der Waals surface area (Å²) in [4.78, 5) is 43.1. The lowest BCUT2D eigenvalue weighted by molar-refractivity contribution is -0.137. The maximum Gasteiger partial charge on any atom is 0.329 e. The number of hydrogen-bond acceptors (Lipinski definition) is 8. The molecule has 12 nitrogen and oxygen atoms in total. The second-order valence-corrected chi connectivity index (χ2v) is 4.29. The first-order chi connectivity index (χ1) is 11.8. The lowest BCUT2D eigenvalue weighted by Crippen LogP contribution is -2.33. The molecule has 7 N–H and O–H groups in total. The molecule has 0 aliphatic carbocycles. The van der Waals surface area contributed by atoms with E-state index in [0.717, 1.165) is 12.4 Å². The van der Waals surface area contributed by atoms with E-state index in [0.29, 0.717) is 5.56 Å². The van der Waals surface area contributed by atoms with Gasteiger partial charge in [-0.1, -0.05) is 0 Å². The molecule has 0 aromatic heterocycles. The van der Waals surface area contributed by atoms with E-state index in [2.05, 4.69) is 10.2 Å². The summed E-state index contributed by atoms with van der Waals surface area (Å²) in [6, 6.07) is 2.73. The third-order valence-electron chi connectivity index (χ3n) is 2.54. The molecule has 0 spiro atoms. The fourth-order valence-corrected chi connectivity index (χ4v) is 1.42. The molecular weight excluding hydrogens is 336 g/mol. The van der Waals surface area contributed by atoms with Gasteiger partial charge in [0.1, 0.15) is 0 Å². The van der Waals surface area contributed by atoms with Crippen LogP contribution < -0.4 is 27.1 Å². The molecule has 12 heteroatoms. The fourth-order valence-electron chi connectivity index (χ4n) is 1.42. The van der Waals surface area contributed by atoms with E-state index in [-0.39, 0.29) is 17.1 Å². The summed E-state index contributed by atoms with van der Waals surface area (Å²) in [6.45, 7) is 0. The molecule has 0 atom stereocenters. The highest BCUT2D eigenvalue weighted by molar-refractivity contribution is 6.34. The monoisotopic (exact) mass is 350 g/mol. The smallest absolute Gasteiger partial charge is 0.329 e. The Morgan fingerprint density at radius 2 is 1.56 bits per heavy atom. The first-order valence-corrected chi connectivity index (χ1v) is 6.43. The molecule has 0 aliphatic heterocycles. The summed E-state index contributed by atoms with van der Waals surface area (Å²) in [6.07, 6.45) is 2.17. The van der Waals surface area contributed by atoms with E-state index in [1.165, 1.54) is 19.2 Å². The third-order valence-corrected chi connectivity index (χ3v) is 2.54. The van der Waals surface area contributed by atoms with Crippen molar-refractivity contribution in [2.75, 3.05) is 7.11 Å². The zero-order chi connectivity index (χ0) is 19.0. The van der Waals surface area contributed by atoms with Crippen LogP contribution in [0.4, 0.5) is 0 Å². The number of nitrogens with zero attached hydrogens (tertiary/aromatic N) is 2. The quantitative estimate of drug-likeness (QED) is 0.217. The number of hydrazone groups is 2. The lowest BCUT2D eigenvalue weighted by atomic mass is 10.1. The van der Waals surface area contributed by atoms with Gasteiger partial charge in [0.15, 0.2) is 11.5 Å². The number of amides is 4. The molecule has 1 rings (SSSR count). The standard InChI is InChI=1S/C13H14N6O6/c1-25-8-3-6(4-16-18-12(23)10(14)21)2-7(9(8)20)5-17-19-13(24)11(15)22/h2-5,20H,1H3,(H2,14,21)(H2,15,22)(H,18,23)(H,19,24)/b16-4?,17-5+. The van der Waals surface area contributed by atoms with Gasteiger partial charge >= 0.3 is 23.6 Å². The predicted octanol–water partition coefficient (Wildman–Crippen LogP) is -2.73. The SMILES string of the molecule is COc1cc(C=NNC(=O)C(N)=O)cc(/C=N/NC(=O)C(N)=O)c1O. The molecule has 0 heterocycles. The molecule has 0 aliphatic rings. The number of nitrogens with two attached hydrogens (primary N) is 2. The summed E-state index contributed by atoms with van der Waals surface area (Å²) < 4.78 is 4.96. The van der Waals surface area contributed by atoms with Crippen molar-refractivity contribution in [3.63, 3.8) is 0 Å². The van der Waals surface area contributed by atoms with Crippen molar-refractivity contribution < 1.29 is 29.0 Å². The Labute approximate surface area is 140 Å². The number of benzene rings is 1. The summed E-state index contributed by atoms with van der Waals surface area (Å²) in [5.41, 5.74) is 13.6. The number of phenolic OH excluding ortho intramolecular Hbond substituents is 1. The van der Waals surface area contributed by atoms with Crippen molar-refractivity contribution in [3.8, 4) is 11.5 Å². The zero-order valence-corrected chi connectivity index (χ0v) is 12.8. The minimum Gasteiger partial charge on any atom is -0.504 e. The molecule has 1 aromatic rings. The van der Waals surface area contributed by atoms with Crippen LogP contribution in [0.5, 0.6) is 11.5 Å². The molecule has 0 fully saturated rings. The second kappa shape index (κ2) is 8.61. The Bertz CT molecular complexity index is 773. The summed E-state index contributed by atoms with van der Waals surface area (Å²) in [5.74, 6) is -4.97. The van der Waals surface area contributed by atoms with Crippen molar-refractivity contribution >= 4 is 36.1 Å². The van der Waals surface area contributed by atoms with Crippen LogP contribution in [-0.2, 0) is 19.2 Å². The van der Waals surface area contributed by atoms with Crippen molar-refractivity contribution in [2.24, 2.45) is 21.7 Å².